The van der Waals surface area contributed by atoms with Crippen molar-refractivity contribution in [1.82, 2.24) is 19.9 Å². The lowest BCUT2D eigenvalue weighted by Crippen LogP contribution is -2.07. The monoisotopic (exact) mass is 468 g/mol. The number of aryl methyl sites for hydroxylation is 1. The predicted molar refractivity (Wildman–Crippen MR) is 138 cm³/mol. The number of halogens is 1. The minimum Gasteiger partial charge on any atom is -0.368 e. The highest BCUT2D eigenvalue weighted by atomic mass is 35.5. The third-order valence-corrected chi connectivity index (χ3v) is 5.32. The number of hydrogen-bond acceptors (Lipinski definition) is 8. The van der Waals surface area contributed by atoms with Gasteiger partial charge in [-0.2, -0.15) is 15.0 Å². The van der Waals surface area contributed by atoms with Gasteiger partial charge < -0.3 is 21.7 Å². The Balaban J connectivity index is 1.31. The molecule has 168 valence electrons. The van der Waals surface area contributed by atoms with Crippen molar-refractivity contribution in [2.75, 3.05) is 21.7 Å². The van der Waals surface area contributed by atoms with Crippen LogP contribution in [0.25, 0.3) is 10.9 Å². The third kappa shape index (κ3) is 4.97. The van der Waals surface area contributed by atoms with Crippen molar-refractivity contribution >= 4 is 63.1 Å². The molecule has 0 fully saturated rings. The molecule has 2 aromatic heterocycles. The molecule has 0 aliphatic heterocycles. The highest BCUT2D eigenvalue weighted by Gasteiger charge is 2.07. The van der Waals surface area contributed by atoms with Gasteiger partial charge in [0.15, 0.2) is 0 Å². The summed E-state index contributed by atoms with van der Waals surface area (Å²) in [4.78, 5) is 17.2. The molecule has 3 aromatic carbocycles. The highest BCUT2D eigenvalue weighted by molar-refractivity contribution is 6.31. The fourth-order valence-electron chi connectivity index (χ4n) is 3.42. The van der Waals surface area contributed by atoms with Crippen LogP contribution < -0.4 is 21.7 Å². The molecule has 0 spiro atoms. The molecule has 0 atom stereocenters. The van der Waals surface area contributed by atoms with Crippen LogP contribution in [0, 0.1) is 6.92 Å². The van der Waals surface area contributed by atoms with Crippen LogP contribution in [-0.2, 0) is 0 Å². The molecule has 0 saturated heterocycles. The second kappa shape index (κ2) is 9.21. The largest absolute Gasteiger partial charge is 0.368 e. The zero-order valence-corrected chi connectivity index (χ0v) is 19.0. The van der Waals surface area contributed by atoms with Crippen molar-refractivity contribution in [2.24, 2.45) is 0 Å². The Morgan fingerprint density at radius 3 is 1.94 bits per heavy atom. The zero-order valence-electron chi connectivity index (χ0n) is 18.2. The average molecular weight is 469 g/mol. The van der Waals surface area contributed by atoms with Gasteiger partial charge in [0.25, 0.3) is 0 Å². The van der Waals surface area contributed by atoms with Gasteiger partial charge in [0.05, 0.1) is 5.52 Å². The number of nitrogens with two attached hydrogens (primary N) is 1. The third-order valence-electron chi connectivity index (χ3n) is 5.09. The Kier molecular flexibility index (Phi) is 5.80. The van der Waals surface area contributed by atoms with Crippen molar-refractivity contribution in [3.05, 3.63) is 89.6 Å². The molecular weight excluding hydrogens is 448 g/mol. The number of hydrogen-bond donors (Lipinski definition) is 4. The summed E-state index contributed by atoms with van der Waals surface area (Å²) < 4.78 is 0. The van der Waals surface area contributed by atoms with Gasteiger partial charge in [-0.15, -0.1) is 0 Å². The Labute approximate surface area is 201 Å². The van der Waals surface area contributed by atoms with E-state index in [0.717, 1.165) is 33.7 Å². The fourth-order valence-corrected chi connectivity index (χ4v) is 3.59. The van der Waals surface area contributed by atoms with E-state index in [0.29, 0.717) is 16.9 Å². The first-order chi connectivity index (χ1) is 16.5. The van der Waals surface area contributed by atoms with Gasteiger partial charge in [-0.05, 0) is 67.6 Å². The quantitative estimate of drug-likeness (QED) is 0.233. The molecular formula is C25H21ClN8. The molecule has 0 radical (unpaired) electrons. The van der Waals surface area contributed by atoms with E-state index >= 15 is 0 Å². The van der Waals surface area contributed by atoms with Gasteiger partial charge in [0.2, 0.25) is 17.8 Å². The van der Waals surface area contributed by atoms with Crippen LogP contribution in [0.1, 0.15) is 5.56 Å². The number of aromatic nitrogens is 4. The van der Waals surface area contributed by atoms with Gasteiger partial charge in [0.1, 0.15) is 0 Å². The standard InChI is InChI=1S/C25H21ClN8/c1-15-2-5-18(6-3-15)30-24-32-23(27)33-25(34-24)31-19-9-7-17(8-10-19)29-21-12-13-28-22-14-16(26)4-11-20(21)22/h2-14H,1H3,(H,28,29)(H4,27,30,31,32,33,34). The maximum Gasteiger partial charge on any atom is 0.233 e. The lowest BCUT2D eigenvalue weighted by molar-refractivity contribution is 1.07. The molecule has 0 bridgehead atoms. The lowest BCUT2D eigenvalue weighted by atomic mass is 10.2. The number of nitrogen functional groups attached to an aromatic ring is 1. The first-order valence-electron chi connectivity index (χ1n) is 10.6. The van der Waals surface area contributed by atoms with Crippen LogP contribution >= 0.6 is 11.6 Å². The second-order valence-electron chi connectivity index (χ2n) is 7.68. The summed E-state index contributed by atoms with van der Waals surface area (Å²) in [6.45, 7) is 2.03. The van der Waals surface area contributed by atoms with Crippen molar-refractivity contribution in [3.63, 3.8) is 0 Å². The van der Waals surface area contributed by atoms with Crippen LogP contribution in [0.15, 0.2) is 79.0 Å². The van der Waals surface area contributed by atoms with Crippen LogP contribution in [0.3, 0.4) is 0 Å². The first-order valence-corrected chi connectivity index (χ1v) is 10.9. The highest BCUT2D eigenvalue weighted by Crippen LogP contribution is 2.28. The normalized spacial score (nSPS) is 10.8. The van der Waals surface area contributed by atoms with E-state index in [1.165, 1.54) is 5.56 Å². The summed E-state index contributed by atoms with van der Waals surface area (Å²) in [5, 5.41) is 11.4. The van der Waals surface area contributed by atoms with Gasteiger partial charge in [0, 0.05) is 39.4 Å². The number of rotatable bonds is 6. The summed E-state index contributed by atoms with van der Waals surface area (Å²) in [5.74, 6) is 0.830. The average Bonchev–Trinajstić information content (AvgIpc) is 2.81. The van der Waals surface area contributed by atoms with E-state index in [1.807, 2.05) is 79.7 Å². The molecule has 5 rings (SSSR count). The molecule has 2 heterocycles. The Hall–Kier alpha value is -4.43. The minimum atomic E-state index is 0.120. The first kappa shape index (κ1) is 21.4. The Morgan fingerprint density at radius 2 is 1.29 bits per heavy atom. The molecule has 0 amide bonds. The smallest absolute Gasteiger partial charge is 0.233 e. The van der Waals surface area contributed by atoms with Crippen LogP contribution in [0.4, 0.5) is 40.6 Å². The number of anilines is 7. The molecule has 0 aliphatic rings. The van der Waals surface area contributed by atoms with E-state index in [4.69, 9.17) is 17.3 Å². The molecule has 5 aromatic rings. The summed E-state index contributed by atoms with van der Waals surface area (Å²) in [6, 6.07) is 23.3. The molecule has 0 aliphatic carbocycles. The minimum absolute atomic E-state index is 0.120. The Morgan fingerprint density at radius 1 is 0.706 bits per heavy atom. The number of nitrogens with one attached hydrogen (secondary N) is 3. The summed E-state index contributed by atoms with van der Waals surface area (Å²) in [6.07, 6.45) is 1.75. The van der Waals surface area contributed by atoms with Crippen LogP contribution in [0.2, 0.25) is 5.02 Å². The number of benzene rings is 3. The molecule has 0 unspecified atom stereocenters. The second-order valence-corrected chi connectivity index (χ2v) is 8.12. The maximum absolute atomic E-state index is 6.09. The maximum atomic E-state index is 6.09. The molecule has 0 saturated carbocycles. The van der Waals surface area contributed by atoms with E-state index in [1.54, 1.807) is 6.20 Å². The van der Waals surface area contributed by atoms with Gasteiger partial charge in [-0.1, -0.05) is 29.3 Å². The van der Waals surface area contributed by atoms with Gasteiger partial charge in [-0.3, -0.25) is 4.98 Å². The van der Waals surface area contributed by atoms with Crippen LogP contribution in [0.5, 0.6) is 0 Å². The van der Waals surface area contributed by atoms with Crippen molar-refractivity contribution in [2.45, 2.75) is 6.92 Å². The SMILES string of the molecule is Cc1ccc(Nc2nc(N)nc(Nc3ccc(Nc4ccnc5cc(Cl)ccc45)cc3)n2)cc1. The van der Waals surface area contributed by atoms with Crippen LogP contribution in [-0.4, -0.2) is 19.9 Å². The predicted octanol–water partition coefficient (Wildman–Crippen LogP) is 6.19. The molecule has 34 heavy (non-hydrogen) atoms. The number of nitrogens with zero attached hydrogens (tertiary/aromatic N) is 4. The number of fused-ring (bicyclic) bond motifs is 1. The lowest BCUT2D eigenvalue weighted by Gasteiger charge is -2.11. The summed E-state index contributed by atoms with van der Waals surface area (Å²) in [5.41, 5.74) is 11.4. The molecule has 8 nitrogen and oxygen atoms in total. The van der Waals surface area contributed by atoms with E-state index < -0.39 is 0 Å². The van der Waals surface area contributed by atoms with Crippen molar-refractivity contribution in [1.29, 1.82) is 0 Å². The molecule has 5 N–H and O–H groups in total. The van der Waals surface area contributed by atoms with E-state index in [2.05, 4.69) is 35.9 Å². The fraction of sp³-hybridized carbons (Fsp3) is 0.0400. The zero-order chi connectivity index (χ0) is 23.5. The summed E-state index contributed by atoms with van der Waals surface area (Å²) >= 11 is 6.09. The van der Waals surface area contributed by atoms with E-state index in [9.17, 15) is 0 Å². The van der Waals surface area contributed by atoms with E-state index in [-0.39, 0.29) is 5.95 Å². The summed E-state index contributed by atoms with van der Waals surface area (Å²) in [7, 11) is 0. The van der Waals surface area contributed by atoms with Crippen molar-refractivity contribution in [3.8, 4) is 0 Å². The Bertz CT molecular complexity index is 1450. The van der Waals surface area contributed by atoms with Crippen molar-refractivity contribution < 1.29 is 0 Å². The van der Waals surface area contributed by atoms with Gasteiger partial charge >= 0.3 is 0 Å². The van der Waals surface area contributed by atoms with Gasteiger partial charge in [-0.25, -0.2) is 0 Å². The molecule has 9 heteroatoms. The number of pyridine rings is 1. The topological polar surface area (TPSA) is 114 Å².